The summed E-state index contributed by atoms with van der Waals surface area (Å²) >= 11 is 0. The minimum Gasteiger partial charge on any atom is -0.492 e. The van der Waals surface area contributed by atoms with Gasteiger partial charge in [-0.25, -0.2) is 4.79 Å². The monoisotopic (exact) mass is 418 g/mol. The number of fused-ring (bicyclic) bond motifs is 1. The number of benzene rings is 2. The Morgan fingerprint density at radius 2 is 1.97 bits per heavy atom. The Balaban J connectivity index is 1.32. The van der Waals surface area contributed by atoms with Gasteiger partial charge in [-0.05, 0) is 43.9 Å². The second-order valence-electron chi connectivity index (χ2n) is 8.17. The Bertz CT molecular complexity index is 998. The molecule has 31 heavy (non-hydrogen) atoms. The van der Waals surface area contributed by atoms with Crippen LogP contribution in [0.1, 0.15) is 41.3 Å². The zero-order valence-electron chi connectivity index (χ0n) is 18.3. The maximum Gasteiger partial charge on any atom is 0.317 e. The smallest absolute Gasteiger partial charge is 0.317 e. The third kappa shape index (κ3) is 5.26. The Hall–Kier alpha value is -3.28. The van der Waals surface area contributed by atoms with E-state index in [0.717, 1.165) is 37.1 Å². The molecule has 2 amide bonds. The zero-order valence-corrected chi connectivity index (χ0v) is 18.3. The second-order valence-corrected chi connectivity index (χ2v) is 8.17. The van der Waals surface area contributed by atoms with Gasteiger partial charge in [-0.15, -0.1) is 0 Å². The molecule has 3 aromatic rings. The Morgan fingerprint density at radius 3 is 2.74 bits per heavy atom. The number of urea groups is 1. The van der Waals surface area contributed by atoms with Crippen molar-refractivity contribution < 1.29 is 9.53 Å². The number of aromatic nitrogens is 2. The summed E-state index contributed by atoms with van der Waals surface area (Å²) in [5.74, 6) is 0.821. The summed E-state index contributed by atoms with van der Waals surface area (Å²) in [7, 11) is 1.80. The number of rotatable bonds is 7. The minimum absolute atomic E-state index is 0.00115. The lowest BCUT2D eigenvalue weighted by Crippen LogP contribution is -2.41. The van der Waals surface area contributed by atoms with Crippen molar-refractivity contribution in [1.29, 1.82) is 0 Å². The van der Waals surface area contributed by atoms with Crippen LogP contribution < -0.4 is 10.1 Å². The van der Waals surface area contributed by atoms with Gasteiger partial charge >= 0.3 is 6.03 Å². The van der Waals surface area contributed by atoms with Crippen LogP contribution >= 0.6 is 0 Å². The van der Waals surface area contributed by atoms with E-state index in [1.54, 1.807) is 11.9 Å². The molecular weight excluding hydrogens is 388 g/mol. The van der Waals surface area contributed by atoms with E-state index in [4.69, 9.17) is 4.74 Å². The average molecular weight is 419 g/mol. The van der Waals surface area contributed by atoms with Gasteiger partial charge in [0.05, 0.1) is 25.3 Å². The summed E-state index contributed by atoms with van der Waals surface area (Å²) in [6, 6.07) is 18.2. The van der Waals surface area contributed by atoms with E-state index in [9.17, 15) is 4.79 Å². The van der Waals surface area contributed by atoms with E-state index < -0.39 is 0 Å². The third-order valence-corrected chi connectivity index (χ3v) is 5.80. The molecule has 0 saturated heterocycles. The van der Waals surface area contributed by atoms with Gasteiger partial charge in [0.1, 0.15) is 12.4 Å². The molecule has 1 aliphatic carbocycles. The normalized spacial score (nSPS) is 15.2. The molecule has 1 unspecified atom stereocenters. The van der Waals surface area contributed by atoms with Crippen LogP contribution in [0.3, 0.4) is 0 Å². The van der Waals surface area contributed by atoms with Crippen molar-refractivity contribution in [1.82, 2.24) is 20.0 Å². The minimum atomic E-state index is -0.0823. The van der Waals surface area contributed by atoms with Crippen LogP contribution in [0, 0.1) is 6.92 Å². The number of likely N-dealkylation sites (N-methyl/N-ethyl adjacent to an activating group) is 1. The van der Waals surface area contributed by atoms with Crippen molar-refractivity contribution in [3.8, 4) is 5.75 Å². The largest absolute Gasteiger partial charge is 0.492 e. The Labute approximate surface area is 183 Å². The Kier molecular flexibility index (Phi) is 6.55. The number of ether oxygens (including phenoxy) is 1. The van der Waals surface area contributed by atoms with E-state index >= 15 is 0 Å². The molecule has 1 atom stereocenters. The molecule has 6 heteroatoms. The van der Waals surface area contributed by atoms with Crippen molar-refractivity contribution in [2.75, 3.05) is 20.2 Å². The predicted molar refractivity (Wildman–Crippen MR) is 121 cm³/mol. The molecule has 162 valence electrons. The lowest BCUT2D eigenvalue weighted by molar-refractivity contribution is 0.190. The molecule has 0 fully saturated rings. The highest BCUT2D eigenvalue weighted by molar-refractivity contribution is 5.74. The van der Waals surface area contributed by atoms with Gasteiger partial charge in [-0.2, -0.15) is 5.10 Å². The van der Waals surface area contributed by atoms with Crippen LogP contribution in [-0.2, 0) is 13.0 Å². The first-order valence-corrected chi connectivity index (χ1v) is 10.9. The number of carbonyl (C=O) groups excluding carboxylic acids is 1. The van der Waals surface area contributed by atoms with E-state index in [-0.39, 0.29) is 12.1 Å². The fourth-order valence-electron chi connectivity index (χ4n) is 3.96. The van der Waals surface area contributed by atoms with Crippen LogP contribution in [0.2, 0.25) is 0 Å². The number of hydrogen-bond acceptors (Lipinski definition) is 3. The number of aryl methyl sites for hydroxylation is 1. The van der Waals surface area contributed by atoms with Crippen molar-refractivity contribution in [3.63, 3.8) is 0 Å². The second kappa shape index (κ2) is 9.69. The standard InChI is InChI=1S/C25H30N4O2/c1-19-11-13-21(14-12-19)31-16-15-28(2)25(30)27-23-9-6-10-24-22(23)17-26-29(24)18-20-7-4-3-5-8-20/h3-5,7-8,11-14,17,23H,6,9-10,15-16,18H2,1-2H3,(H,27,30). The lowest BCUT2D eigenvalue weighted by Gasteiger charge is -2.27. The molecule has 1 N–H and O–H groups in total. The predicted octanol–water partition coefficient (Wildman–Crippen LogP) is 4.34. The van der Waals surface area contributed by atoms with Crippen molar-refractivity contribution in [2.24, 2.45) is 0 Å². The molecule has 0 aliphatic heterocycles. The topological polar surface area (TPSA) is 59.4 Å². The highest BCUT2D eigenvalue weighted by Gasteiger charge is 2.26. The van der Waals surface area contributed by atoms with Gasteiger partial charge in [-0.1, -0.05) is 48.0 Å². The fourth-order valence-corrected chi connectivity index (χ4v) is 3.96. The van der Waals surface area contributed by atoms with Crippen LogP contribution in [-0.4, -0.2) is 40.9 Å². The zero-order chi connectivity index (χ0) is 21.6. The molecule has 1 heterocycles. The molecular formula is C25H30N4O2. The van der Waals surface area contributed by atoms with Gasteiger partial charge in [0.25, 0.3) is 0 Å². The van der Waals surface area contributed by atoms with Crippen molar-refractivity contribution in [2.45, 2.75) is 38.8 Å². The number of carbonyl (C=O) groups is 1. The lowest BCUT2D eigenvalue weighted by atomic mass is 9.93. The molecule has 6 nitrogen and oxygen atoms in total. The molecule has 4 rings (SSSR count). The highest BCUT2D eigenvalue weighted by atomic mass is 16.5. The SMILES string of the molecule is Cc1ccc(OCCN(C)C(=O)NC2CCCc3c2cnn3Cc2ccccc2)cc1. The number of amides is 2. The molecule has 2 aromatic carbocycles. The summed E-state index contributed by atoms with van der Waals surface area (Å²) in [4.78, 5) is 14.4. The van der Waals surface area contributed by atoms with Crippen molar-refractivity contribution >= 4 is 6.03 Å². The summed E-state index contributed by atoms with van der Waals surface area (Å²) in [6.45, 7) is 3.78. The first kappa shape index (κ1) is 21.0. The summed E-state index contributed by atoms with van der Waals surface area (Å²) < 4.78 is 7.82. The molecule has 0 spiro atoms. The maximum atomic E-state index is 12.7. The quantitative estimate of drug-likeness (QED) is 0.621. The highest BCUT2D eigenvalue weighted by Crippen LogP contribution is 2.30. The average Bonchev–Trinajstić information content (AvgIpc) is 3.19. The summed E-state index contributed by atoms with van der Waals surface area (Å²) in [5.41, 5.74) is 4.79. The summed E-state index contributed by atoms with van der Waals surface area (Å²) in [5, 5.41) is 7.80. The molecule has 0 bridgehead atoms. The van der Waals surface area contributed by atoms with Gasteiger partial charge in [0, 0.05) is 18.3 Å². The van der Waals surface area contributed by atoms with Crippen LogP contribution in [0.5, 0.6) is 5.75 Å². The first-order chi connectivity index (χ1) is 15.1. The third-order valence-electron chi connectivity index (χ3n) is 5.80. The van der Waals surface area contributed by atoms with Gasteiger partial charge < -0.3 is 15.0 Å². The fraction of sp³-hybridized carbons (Fsp3) is 0.360. The summed E-state index contributed by atoms with van der Waals surface area (Å²) in [6.07, 6.45) is 4.89. The van der Waals surface area contributed by atoms with Crippen LogP contribution in [0.4, 0.5) is 4.79 Å². The van der Waals surface area contributed by atoms with E-state index in [0.29, 0.717) is 13.2 Å². The number of hydrogen-bond donors (Lipinski definition) is 1. The Morgan fingerprint density at radius 1 is 1.19 bits per heavy atom. The van der Waals surface area contributed by atoms with Gasteiger partial charge in [0.15, 0.2) is 0 Å². The molecule has 0 radical (unpaired) electrons. The maximum absolute atomic E-state index is 12.7. The first-order valence-electron chi connectivity index (χ1n) is 10.9. The van der Waals surface area contributed by atoms with Crippen LogP contribution in [0.15, 0.2) is 60.8 Å². The van der Waals surface area contributed by atoms with Gasteiger partial charge in [0.2, 0.25) is 0 Å². The number of nitrogens with zero attached hydrogens (tertiary/aromatic N) is 3. The van der Waals surface area contributed by atoms with E-state index in [1.165, 1.54) is 16.8 Å². The van der Waals surface area contributed by atoms with Gasteiger partial charge in [-0.3, -0.25) is 4.68 Å². The van der Waals surface area contributed by atoms with Crippen LogP contribution in [0.25, 0.3) is 0 Å². The van der Waals surface area contributed by atoms with E-state index in [1.807, 2.05) is 55.6 Å². The van der Waals surface area contributed by atoms with E-state index in [2.05, 4.69) is 27.2 Å². The van der Waals surface area contributed by atoms with Crippen molar-refractivity contribution in [3.05, 3.63) is 83.2 Å². The number of nitrogens with one attached hydrogen (secondary N) is 1. The molecule has 1 aromatic heterocycles. The molecule has 0 saturated carbocycles. The molecule has 1 aliphatic rings.